The first-order chi connectivity index (χ1) is 12.9. The van der Waals surface area contributed by atoms with E-state index < -0.39 is 10.0 Å². The average molecular weight is 412 g/mol. The highest BCUT2D eigenvalue weighted by atomic mass is 32.2. The molecule has 1 aromatic carbocycles. The topological polar surface area (TPSA) is 60.9 Å². The maximum Gasteiger partial charge on any atom is 0.254 e. The molecule has 150 valence electrons. The van der Waals surface area contributed by atoms with Crippen LogP contribution in [0.15, 0.2) is 29.2 Å². The van der Waals surface area contributed by atoms with Gasteiger partial charge < -0.3 is 9.80 Å². The zero-order chi connectivity index (χ0) is 19.4. The third-order valence-electron chi connectivity index (χ3n) is 5.25. The molecule has 1 unspecified atom stereocenters. The molecule has 27 heavy (non-hydrogen) atoms. The summed E-state index contributed by atoms with van der Waals surface area (Å²) in [6.45, 7) is 3.95. The van der Waals surface area contributed by atoms with Gasteiger partial charge in [0.1, 0.15) is 0 Å². The van der Waals surface area contributed by atoms with Gasteiger partial charge in [-0.3, -0.25) is 4.79 Å². The molecule has 1 aromatic rings. The van der Waals surface area contributed by atoms with Crippen LogP contribution in [0.4, 0.5) is 0 Å². The molecule has 0 aromatic heterocycles. The molecule has 0 spiro atoms. The molecule has 0 N–H and O–H groups in total. The van der Waals surface area contributed by atoms with Crippen molar-refractivity contribution in [2.75, 3.05) is 51.8 Å². The van der Waals surface area contributed by atoms with Crippen LogP contribution in [0.1, 0.15) is 29.6 Å². The molecule has 1 atom stereocenters. The van der Waals surface area contributed by atoms with Crippen molar-refractivity contribution in [3.63, 3.8) is 0 Å². The van der Waals surface area contributed by atoms with Gasteiger partial charge in [0.2, 0.25) is 10.0 Å². The summed E-state index contributed by atoms with van der Waals surface area (Å²) in [6.07, 6.45) is 3.49. The van der Waals surface area contributed by atoms with Gasteiger partial charge in [-0.15, -0.1) is 0 Å². The third-order valence-corrected chi connectivity index (χ3v) is 8.27. The third kappa shape index (κ3) is 4.85. The van der Waals surface area contributed by atoms with E-state index in [9.17, 15) is 13.2 Å². The number of thioether (sulfide) groups is 1. The Morgan fingerprint density at radius 3 is 2.41 bits per heavy atom. The minimum Gasteiger partial charge on any atom is -0.334 e. The van der Waals surface area contributed by atoms with Crippen molar-refractivity contribution in [2.45, 2.75) is 30.2 Å². The highest BCUT2D eigenvalue weighted by Gasteiger charge is 2.29. The van der Waals surface area contributed by atoms with E-state index in [1.165, 1.54) is 43.4 Å². The van der Waals surface area contributed by atoms with E-state index in [0.717, 1.165) is 44.1 Å². The van der Waals surface area contributed by atoms with Crippen molar-refractivity contribution in [3.8, 4) is 0 Å². The molecule has 2 fully saturated rings. The van der Waals surface area contributed by atoms with Crippen LogP contribution >= 0.6 is 11.8 Å². The van der Waals surface area contributed by atoms with Crippen LogP contribution < -0.4 is 0 Å². The SMILES string of the molecule is CN(C)S(=O)(=O)c1ccc(C(=O)N2CCCSCC2CN2CCCC2)cc1. The Morgan fingerprint density at radius 1 is 1.11 bits per heavy atom. The van der Waals surface area contributed by atoms with Crippen molar-refractivity contribution in [1.82, 2.24) is 14.1 Å². The van der Waals surface area contributed by atoms with Crippen molar-refractivity contribution in [2.24, 2.45) is 0 Å². The van der Waals surface area contributed by atoms with Gasteiger partial charge >= 0.3 is 0 Å². The lowest BCUT2D eigenvalue weighted by Crippen LogP contribution is -2.47. The van der Waals surface area contributed by atoms with Crippen LogP contribution in [0.5, 0.6) is 0 Å². The zero-order valence-electron chi connectivity index (χ0n) is 16.1. The van der Waals surface area contributed by atoms with Crippen LogP contribution in [0, 0.1) is 0 Å². The number of sulfonamides is 1. The molecule has 2 heterocycles. The summed E-state index contributed by atoms with van der Waals surface area (Å²) in [6, 6.07) is 6.57. The standard InChI is InChI=1S/C19H29N3O3S2/c1-20(2)27(24,25)18-8-6-16(7-9-18)19(23)22-12-5-13-26-15-17(22)14-21-10-3-4-11-21/h6-9,17H,3-5,10-15H2,1-2H3. The number of hydrogen-bond donors (Lipinski definition) is 0. The number of hydrogen-bond acceptors (Lipinski definition) is 5. The second kappa shape index (κ2) is 8.94. The lowest BCUT2D eigenvalue weighted by atomic mass is 10.1. The van der Waals surface area contributed by atoms with E-state index in [1.54, 1.807) is 12.1 Å². The minimum atomic E-state index is -3.48. The summed E-state index contributed by atoms with van der Waals surface area (Å²) in [5.74, 6) is 2.06. The van der Waals surface area contributed by atoms with Crippen molar-refractivity contribution < 1.29 is 13.2 Å². The first kappa shape index (κ1) is 20.6. The van der Waals surface area contributed by atoms with E-state index in [1.807, 2.05) is 16.7 Å². The van der Waals surface area contributed by atoms with Gasteiger partial charge in [-0.2, -0.15) is 11.8 Å². The molecule has 0 saturated carbocycles. The van der Waals surface area contributed by atoms with Crippen LogP contribution in [-0.4, -0.2) is 86.3 Å². The fourth-order valence-electron chi connectivity index (χ4n) is 3.66. The second-order valence-electron chi connectivity index (χ2n) is 7.40. The molecule has 0 radical (unpaired) electrons. The van der Waals surface area contributed by atoms with Crippen LogP contribution in [-0.2, 0) is 10.0 Å². The van der Waals surface area contributed by atoms with E-state index in [2.05, 4.69) is 4.90 Å². The van der Waals surface area contributed by atoms with Crippen molar-refractivity contribution in [3.05, 3.63) is 29.8 Å². The van der Waals surface area contributed by atoms with Crippen LogP contribution in [0.2, 0.25) is 0 Å². The lowest BCUT2D eigenvalue weighted by Gasteiger charge is -2.32. The summed E-state index contributed by atoms with van der Waals surface area (Å²) in [5, 5.41) is 0. The van der Waals surface area contributed by atoms with Crippen molar-refractivity contribution >= 4 is 27.7 Å². The Kier molecular flexibility index (Phi) is 6.83. The van der Waals surface area contributed by atoms with E-state index in [4.69, 9.17) is 0 Å². The maximum atomic E-state index is 13.2. The Morgan fingerprint density at radius 2 is 1.78 bits per heavy atom. The molecular weight excluding hydrogens is 382 g/mol. The van der Waals surface area contributed by atoms with E-state index in [0.29, 0.717) is 5.56 Å². The quantitative estimate of drug-likeness (QED) is 0.741. The highest BCUT2D eigenvalue weighted by Crippen LogP contribution is 2.22. The fourth-order valence-corrected chi connectivity index (χ4v) is 5.62. The zero-order valence-corrected chi connectivity index (χ0v) is 17.8. The Hall–Kier alpha value is -1.09. The number of carbonyl (C=O) groups is 1. The van der Waals surface area contributed by atoms with Gasteiger partial charge in [0, 0.05) is 38.5 Å². The normalized spacial score (nSPS) is 22.2. The van der Waals surface area contributed by atoms with Crippen LogP contribution in [0.3, 0.4) is 0 Å². The van der Waals surface area contributed by atoms with E-state index in [-0.39, 0.29) is 16.8 Å². The molecule has 3 rings (SSSR count). The Labute approximate surface area is 166 Å². The van der Waals surface area contributed by atoms with Gasteiger partial charge in [0.05, 0.1) is 10.9 Å². The summed E-state index contributed by atoms with van der Waals surface area (Å²) >= 11 is 1.93. The molecule has 6 nitrogen and oxygen atoms in total. The summed E-state index contributed by atoms with van der Waals surface area (Å²) in [4.78, 5) is 17.9. The predicted octanol–water partition coefficient (Wildman–Crippen LogP) is 1.98. The number of carbonyl (C=O) groups excluding carboxylic acids is 1. The smallest absolute Gasteiger partial charge is 0.254 e. The Balaban J connectivity index is 1.77. The van der Waals surface area contributed by atoms with Gasteiger partial charge in [0.25, 0.3) is 5.91 Å². The molecule has 0 bridgehead atoms. The second-order valence-corrected chi connectivity index (χ2v) is 10.7. The maximum absolute atomic E-state index is 13.2. The largest absolute Gasteiger partial charge is 0.334 e. The molecule has 0 aliphatic carbocycles. The van der Waals surface area contributed by atoms with Gasteiger partial charge in [-0.1, -0.05) is 0 Å². The van der Waals surface area contributed by atoms with Gasteiger partial charge in [-0.05, 0) is 62.4 Å². The summed E-state index contributed by atoms with van der Waals surface area (Å²) < 4.78 is 25.6. The minimum absolute atomic E-state index is 0.00972. The fraction of sp³-hybridized carbons (Fsp3) is 0.632. The Bertz CT molecular complexity index is 744. The number of benzene rings is 1. The molecule has 8 heteroatoms. The number of nitrogens with zero attached hydrogens (tertiary/aromatic N) is 3. The monoisotopic (exact) mass is 411 g/mol. The number of amides is 1. The predicted molar refractivity (Wildman–Crippen MR) is 110 cm³/mol. The average Bonchev–Trinajstić information content (AvgIpc) is 3.06. The summed E-state index contributed by atoms with van der Waals surface area (Å²) in [5.41, 5.74) is 0.561. The highest BCUT2D eigenvalue weighted by molar-refractivity contribution is 7.99. The molecule has 2 saturated heterocycles. The lowest BCUT2D eigenvalue weighted by molar-refractivity contribution is 0.0666. The number of likely N-dealkylation sites (tertiary alicyclic amines) is 1. The first-order valence-electron chi connectivity index (χ1n) is 9.53. The van der Waals surface area contributed by atoms with Gasteiger partial charge in [-0.25, -0.2) is 12.7 Å². The summed E-state index contributed by atoms with van der Waals surface area (Å²) in [7, 11) is -0.466. The van der Waals surface area contributed by atoms with Gasteiger partial charge in [0.15, 0.2) is 0 Å². The van der Waals surface area contributed by atoms with E-state index >= 15 is 0 Å². The number of rotatable bonds is 5. The first-order valence-corrected chi connectivity index (χ1v) is 12.1. The molecule has 1 amide bonds. The van der Waals surface area contributed by atoms with Crippen LogP contribution in [0.25, 0.3) is 0 Å². The van der Waals surface area contributed by atoms with Crippen molar-refractivity contribution in [1.29, 1.82) is 0 Å². The molecular formula is C19H29N3O3S2. The molecule has 2 aliphatic rings. The molecule has 2 aliphatic heterocycles.